The van der Waals surface area contributed by atoms with E-state index in [9.17, 15) is 14.0 Å². The van der Waals surface area contributed by atoms with Crippen molar-refractivity contribution >= 4 is 27.9 Å². The van der Waals surface area contributed by atoms with Gasteiger partial charge in [-0.1, -0.05) is 48.5 Å². The van der Waals surface area contributed by atoms with Crippen LogP contribution in [0.3, 0.4) is 0 Å². The fourth-order valence-electron chi connectivity index (χ4n) is 2.23. The van der Waals surface area contributed by atoms with Gasteiger partial charge in [0.15, 0.2) is 0 Å². The molecule has 1 aromatic rings. The van der Waals surface area contributed by atoms with E-state index in [0.29, 0.717) is 23.1 Å². The minimum atomic E-state index is -0.413. The predicted octanol–water partition coefficient (Wildman–Crippen LogP) is 5.32. The van der Waals surface area contributed by atoms with E-state index in [2.05, 4.69) is 22.9 Å². The fraction of sp³-hybridized carbons (Fsp3) is 0.579. The van der Waals surface area contributed by atoms with Crippen molar-refractivity contribution in [3.05, 3.63) is 34.1 Å². The molecule has 1 aromatic carbocycles. The fourth-order valence-corrected chi connectivity index (χ4v) is 2.59. The van der Waals surface area contributed by atoms with Gasteiger partial charge < -0.3 is 9.47 Å². The highest BCUT2D eigenvalue weighted by atomic mass is 79.9. The summed E-state index contributed by atoms with van der Waals surface area (Å²) in [7, 11) is 0. The zero-order valence-corrected chi connectivity index (χ0v) is 16.3. The molecule has 25 heavy (non-hydrogen) atoms. The van der Waals surface area contributed by atoms with Gasteiger partial charge in [-0.2, -0.15) is 0 Å². The molecule has 0 aliphatic rings. The summed E-state index contributed by atoms with van der Waals surface area (Å²) in [6.07, 6.45) is 6.25. The highest BCUT2D eigenvalue weighted by Crippen LogP contribution is 2.19. The molecule has 6 heteroatoms. The van der Waals surface area contributed by atoms with Crippen LogP contribution in [0.2, 0.25) is 0 Å². The van der Waals surface area contributed by atoms with Crippen LogP contribution in [0.5, 0.6) is 0 Å². The number of esters is 2. The summed E-state index contributed by atoms with van der Waals surface area (Å²) in [5, 5.41) is 0. The summed E-state index contributed by atoms with van der Waals surface area (Å²) in [6.45, 7) is 2.60. The molecule has 1 rings (SSSR count). The Bertz CT molecular complexity index is 548. The highest BCUT2D eigenvalue weighted by molar-refractivity contribution is 9.10. The Morgan fingerprint density at radius 2 is 1.68 bits per heavy atom. The quantitative estimate of drug-likeness (QED) is 0.341. The molecule has 0 unspecified atom stereocenters. The second kappa shape index (κ2) is 12.9. The SMILES string of the molecule is CCCCCCCOC(=O)CCCC(=O)OCc1cc(F)ccc1Br. The Hall–Kier alpha value is -1.43. The van der Waals surface area contributed by atoms with E-state index in [1.54, 1.807) is 6.07 Å². The van der Waals surface area contributed by atoms with Gasteiger partial charge in [-0.05, 0) is 31.0 Å². The van der Waals surface area contributed by atoms with Gasteiger partial charge in [0.25, 0.3) is 0 Å². The van der Waals surface area contributed by atoms with Crippen LogP contribution in [0, 0.1) is 5.82 Å². The van der Waals surface area contributed by atoms with Gasteiger partial charge in [-0.3, -0.25) is 9.59 Å². The van der Waals surface area contributed by atoms with Crippen LogP contribution in [0.1, 0.15) is 63.9 Å². The lowest BCUT2D eigenvalue weighted by atomic mass is 10.2. The monoisotopic (exact) mass is 416 g/mol. The topological polar surface area (TPSA) is 52.6 Å². The van der Waals surface area contributed by atoms with Crippen LogP contribution in [-0.2, 0) is 25.7 Å². The van der Waals surface area contributed by atoms with Crippen LogP contribution >= 0.6 is 15.9 Å². The van der Waals surface area contributed by atoms with Crippen LogP contribution in [-0.4, -0.2) is 18.5 Å². The van der Waals surface area contributed by atoms with E-state index in [-0.39, 0.29) is 31.2 Å². The molecule has 0 N–H and O–H groups in total. The number of ether oxygens (including phenoxy) is 2. The first-order valence-electron chi connectivity index (χ1n) is 8.78. The number of rotatable bonds is 12. The summed E-state index contributed by atoms with van der Waals surface area (Å²) in [6, 6.07) is 4.21. The number of hydrogen-bond donors (Lipinski definition) is 0. The van der Waals surface area contributed by atoms with Crippen molar-refractivity contribution in [2.24, 2.45) is 0 Å². The van der Waals surface area contributed by atoms with E-state index >= 15 is 0 Å². The van der Waals surface area contributed by atoms with Crippen molar-refractivity contribution in [3.63, 3.8) is 0 Å². The smallest absolute Gasteiger partial charge is 0.306 e. The van der Waals surface area contributed by atoms with Crippen molar-refractivity contribution in [2.45, 2.75) is 64.9 Å². The minimum Gasteiger partial charge on any atom is -0.466 e. The van der Waals surface area contributed by atoms with Crippen molar-refractivity contribution in [1.82, 2.24) is 0 Å². The van der Waals surface area contributed by atoms with Crippen molar-refractivity contribution in [3.8, 4) is 0 Å². The highest BCUT2D eigenvalue weighted by Gasteiger charge is 2.09. The van der Waals surface area contributed by atoms with E-state index in [1.807, 2.05) is 0 Å². The van der Waals surface area contributed by atoms with Crippen LogP contribution in [0.15, 0.2) is 22.7 Å². The maximum absolute atomic E-state index is 13.1. The number of benzene rings is 1. The van der Waals surface area contributed by atoms with Gasteiger partial charge in [-0.15, -0.1) is 0 Å². The molecule has 0 spiro atoms. The number of halogens is 2. The first-order valence-corrected chi connectivity index (χ1v) is 9.57. The van der Waals surface area contributed by atoms with Gasteiger partial charge in [0.1, 0.15) is 12.4 Å². The lowest BCUT2D eigenvalue weighted by Crippen LogP contribution is -2.09. The predicted molar refractivity (Wildman–Crippen MR) is 97.5 cm³/mol. The lowest BCUT2D eigenvalue weighted by molar-refractivity contribution is -0.146. The van der Waals surface area contributed by atoms with Crippen LogP contribution in [0.25, 0.3) is 0 Å². The normalized spacial score (nSPS) is 10.5. The van der Waals surface area contributed by atoms with Gasteiger partial charge >= 0.3 is 11.9 Å². The van der Waals surface area contributed by atoms with E-state index in [0.717, 1.165) is 12.8 Å². The third-order valence-electron chi connectivity index (χ3n) is 3.67. The zero-order valence-electron chi connectivity index (χ0n) is 14.7. The standard InChI is InChI=1S/C19H26BrFO4/c1-2-3-4-5-6-12-24-18(22)8-7-9-19(23)25-14-15-13-16(21)10-11-17(15)20/h10-11,13H,2-9,12,14H2,1H3. The Kier molecular flexibility index (Phi) is 11.1. The summed E-state index contributed by atoms with van der Waals surface area (Å²) in [5.74, 6) is -1.08. The molecule has 0 fully saturated rings. The first kappa shape index (κ1) is 21.6. The molecule has 0 saturated carbocycles. The first-order chi connectivity index (χ1) is 12.0. The van der Waals surface area contributed by atoms with Gasteiger partial charge in [0.05, 0.1) is 6.61 Å². The van der Waals surface area contributed by atoms with Crippen LogP contribution < -0.4 is 0 Å². The Labute approximate surface area is 157 Å². The number of hydrogen-bond acceptors (Lipinski definition) is 4. The average Bonchev–Trinajstić information content (AvgIpc) is 2.58. The third kappa shape index (κ3) is 10.2. The molecule has 0 atom stereocenters. The maximum atomic E-state index is 13.1. The molecule has 0 aliphatic carbocycles. The Morgan fingerprint density at radius 3 is 2.40 bits per heavy atom. The van der Waals surface area contributed by atoms with Crippen molar-refractivity contribution in [2.75, 3.05) is 6.61 Å². The van der Waals surface area contributed by atoms with Crippen molar-refractivity contribution in [1.29, 1.82) is 0 Å². The molecule has 4 nitrogen and oxygen atoms in total. The molecule has 140 valence electrons. The Balaban J connectivity index is 2.09. The summed E-state index contributed by atoms with van der Waals surface area (Å²) in [4.78, 5) is 23.2. The molecule has 0 saturated heterocycles. The summed E-state index contributed by atoms with van der Waals surface area (Å²) < 4.78 is 24.0. The Morgan fingerprint density at radius 1 is 1.00 bits per heavy atom. The number of unbranched alkanes of at least 4 members (excludes halogenated alkanes) is 4. The van der Waals surface area contributed by atoms with E-state index in [4.69, 9.17) is 9.47 Å². The summed E-state index contributed by atoms with van der Waals surface area (Å²) >= 11 is 3.28. The number of carbonyl (C=O) groups is 2. The molecular formula is C19H26BrFO4. The molecular weight excluding hydrogens is 391 g/mol. The third-order valence-corrected chi connectivity index (χ3v) is 4.44. The largest absolute Gasteiger partial charge is 0.466 e. The maximum Gasteiger partial charge on any atom is 0.306 e. The van der Waals surface area contributed by atoms with Crippen LogP contribution in [0.4, 0.5) is 4.39 Å². The molecule has 0 heterocycles. The second-order valence-electron chi connectivity index (χ2n) is 5.88. The van der Waals surface area contributed by atoms with E-state index < -0.39 is 5.97 Å². The molecule has 0 radical (unpaired) electrons. The molecule has 0 bridgehead atoms. The summed E-state index contributed by atoms with van der Waals surface area (Å²) in [5.41, 5.74) is 0.566. The van der Waals surface area contributed by atoms with Gasteiger partial charge in [0.2, 0.25) is 0 Å². The number of carbonyl (C=O) groups excluding carboxylic acids is 2. The van der Waals surface area contributed by atoms with Crippen molar-refractivity contribution < 1.29 is 23.5 Å². The van der Waals surface area contributed by atoms with Gasteiger partial charge in [0, 0.05) is 22.9 Å². The molecule has 0 aliphatic heterocycles. The lowest BCUT2D eigenvalue weighted by Gasteiger charge is -2.07. The average molecular weight is 417 g/mol. The van der Waals surface area contributed by atoms with Gasteiger partial charge in [-0.25, -0.2) is 4.39 Å². The molecule has 0 amide bonds. The minimum absolute atomic E-state index is 0.000612. The molecule has 0 aromatic heterocycles. The van der Waals surface area contributed by atoms with E-state index in [1.165, 1.54) is 31.4 Å². The second-order valence-corrected chi connectivity index (χ2v) is 6.74. The zero-order chi connectivity index (χ0) is 18.5.